The highest BCUT2D eigenvalue weighted by molar-refractivity contribution is 8.03. The van der Waals surface area contributed by atoms with E-state index in [0.29, 0.717) is 22.1 Å². The minimum absolute atomic E-state index is 0.0406. The molecule has 1 aromatic carbocycles. The van der Waals surface area contributed by atoms with Gasteiger partial charge in [0, 0.05) is 35.1 Å². The highest BCUT2D eigenvalue weighted by Crippen LogP contribution is 2.42. The number of nitrogens with two attached hydrogens (primary N) is 1. The Balaban J connectivity index is 1.16. The molecule has 4 aliphatic rings. The Morgan fingerprint density at radius 3 is 2.59 bits per heavy atom. The molecule has 24 heteroatoms. The Labute approximate surface area is 315 Å². The summed E-state index contributed by atoms with van der Waals surface area (Å²) in [5.41, 5.74) is 8.20. The number of phenols is 1. The summed E-state index contributed by atoms with van der Waals surface area (Å²) in [5.74, 6) is -5.59. The summed E-state index contributed by atoms with van der Waals surface area (Å²) in [5, 5.41) is 49.3. The molecule has 8 N–H and O–H groups in total. The summed E-state index contributed by atoms with van der Waals surface area (Å²) in [6.45, 7) is 2.20. The molecule has 21 nitrogen and oxygen atoms in total. The molecule has 0 radical (unpaired) electrons. The fourth-order valence-corrected chi connectivity index (χ4v) is 8.46. The number of phenolic OH excluding ortho intramolecular Hbond substituents is 1. The standard InChI is InChI=1S/C30H27N9O12S3/c1-11-3-20(39-19(32-11)6-37(36-39)30(48)49)52-8-14-9-53-26-22(25(43)38(26)23(14)28(46)47)34-24(42)21(16-10-54-29(31)33-16)35-50-7-13-4-17(41)18(51-12(2)40)5-15(13)27(44)45/h3-6,10,22,26,36,41H,7-9H2,1-2H3,(H2,31,33)(H,34,42)(H,44,45)(H,46,47)(H,48,49)/t22-,26-/m1/s1. The number of anilines is 1. The van der Waals surface area contributed by atoms with E-state index in [1.54, 1.807) is 13.0 Å². The number of hydrazine groups is 2. The first-order valence-electron chi connectivity index (χ1n) is 15.2. The lowest BCUT2D eigenvalue weighted by Gasteiger charge is -2.49. The predicted molar refractivity (Wildman–Crippen MR) is 190 cm³/mol. The number of nitrogens with one attached hydrogen (secondary N) is 2. The monoisotopic (exact) mass is 801 g/mol. The minimum Gasteiger partial charge on any atom is -0.504 e. The SMILES string of the molecule is CC(=O)Oc1cc(C(=O)O)c(CON=C(C(=O)N[C@@H]2C(=O)N3C(C(=O)O)=C(CSC4=CC(C)=NC5=CN(C(=O)O)NN54)CS[C@H]23)c2csc(N)n2)cc1O. The van der Waals surface area contributed by atoms with Gasteiger partial charge in [-0.25, -0.2) is 29.4 Å². The number of ether oxygens (including phenoxy) is 1. The van der Waals surface area contributed by atoms with E-state index < -0.39 is 76.6 Å². The lowest BCUT2D eigenvalue weighted by atomic mass is 10.0. The minimum atomic E-state index is -1.44. The van der Waals surface area contributed by atoms with Gasteiger partial charge in [-0.2, -0.15) is 5.01 Å². The van der Waals surface area contributed by atoms with Crippen LogP contribution < -0.4 is 21.3 Å². The molecule has 282 valence electrons. The number of fused-ring (bicyclic) bond motifs is 2. The summed E-state index contributed by atoms with van der Waals surface area (Å²) in [6.07, 6.45) is 1.71. The molecule has 2 aromatic rings. The number of aromatic nitrogens is 1. The van der Waals surface area contributed by atoms with E-state index >= 15 is 0 Å². The average molecular weight is 802 g/mol. The van der Waals surface area contributed by atoms with Crippen molar-refractivity contribution in [1.29, 1.82) is 0 Å². The lowest BCUT2D eigenvalue weighted by molar-refractivity contribution is -0.150. The van der Waals surface area contributed by atoms with Gasteiger partial charge in [-0.05, 0) is 30.7 Å². The normalized spacial score (nSPS) is 19.2. The van der Waals surface area contributed by atoms with Gasteiger partial charge in [0.05, 0.1) is 16.8 Å². The van der Waals surface area contributed by atoms with E-state index in [-0.39, 0.29) is 33.6 Å². The zero-order chi connectivity index (χ0) is 39.0. The topological polar surface area (TPSA) is 299 Å². The van der Waals surface area contributed by atoms with Gasteiger partial charge < -0.3 is 41.1 Å². The average Bonchev–Trinajstić information content (AvgIpc) is 3.74. The number of benzene rings is 1. The van der Waals surface area contributed by atoms with Crippen LogP contribution in [-0.4, -0.2) is 110 Å². The van der Waals surface area contributed by atoms with Crippen LogP contribution in [0.2, 0.25) is 0 Å². The number of hydrogen-bond donors (Lipinski definition) is 7. The van der Waals surface area contributed by atoms with E-state index in [0.717, 1.165) is 40.3 Å². The van der Waals surface area contributed by atoms with Crippen molar-refractivity contribution in [2.45, 2.75) is 31.9 Å². The number of nitrogen functional groups attached to an aromatic ring is 1. The van der Waals surface area contributed by atoms with Crippen LogP contribution in [0.25, 0.3) is 0 Å². The van der Waals surface area contributed by atoms with Crippen LogP contribution in [0.3, 0.4) is 0 Å². The molecule has 4 aliphatic heterocycles. The van der Waals surface area contributed by atoms with Gasteiger partial charge in [0.2, 0.25) is 0 Å². The van der Waals surface area contributed by atoms with E-state index in [4.69, 9.17) is 15.3 Å². The number of carboxylic acid groups (broad SMARTS) is 3. The number of β-lactam (4-membered cyclic amide) rings is 1. The van der Waals surface area contributed by atoms with Crippen molar-refractivity contribution in [3.63, 3.8) is 0 Å². The fraction of sp³-hybridized carbons (Fsp3) is 0.233. The lowest BCUT2D eigenvalue weighted by Crippen LogP contribution is -2.71. The predicted octanol–water partition coefficient (Wildman–Crippen LogP) is 1.28. The Kier molecular flexibility index (Phi) is 10.5. The third-order valence-corrected chi connectivity index (χ3v) is 10.8. The molecule has 0 aliphatic carbocycles. The van der Waals surface area contributed by atoms with Crippen molar-refractivity contribution in [2.24, 2.45) is 10.1 Å². The number of carboxylic acids is 2. The number of thiazole rings is 1. The fourth-order valence-electron chi connectivity index (χ4n) is 5.36. The zero-order valence-corrected chi connectivity index (χ0v) is 30.2. The van der Waals surface area contributed by atoms with Gasteiger partial charge in [-0.15, -0.1) is 40.4 Å². The van der Waals surface area contributed by atoms with Gasteiger partial charge in [0.1, 0.15) is 29.4 Å². The maximum atomic E-state index is 13.6. The molecule has 0 unspecified atom stereocenters. The second-order valence-electron chi connectivity index (χ2n) is 11.4. The van der Waals surface area contributed by atoms with E-state index in [9.17, 15) is 49.2 Å². The summed E-state index contributed by atoms with van der Waals surface area (Å²) >= 11 is 3.39. The maximum absolute atomic E-state index is 13.6. The number of aromatic hydroxyl groups is 1. The van der Waals surface area contributed by atoms with Crippen molar-refractivity contribution in [2.75, 3.05) is 17.2 Å². The van der Waals surface area contributed by atoms with Crippen molar-refractivity contribution in [3.05, 3.63) is 68.7 Å². The van der Waals surface area contributed by atoms with Gasteiger partial charge in [-0.3, -0.25) is 19.3 Å². The van der Waals surface area contributed by atoms with Crippen LogP contribution in [0.4, 0.5) is 9.93 Å². The molecule has 6 rings (SSSR count). The molecule has 3 amide bonds. The summed E-state index contributed by atoms with van der Waals surface area (Å²) in [7, 11) is 0. The maximum Gasteiger partial charge on any atom is 0.427 e. The van der Waals surface area contributed by atoms with Gasteiger partial charge in [-0.1, -0.05) is 5.16 Å². The first kappa shape index (κ1) is 37.6. The number of nitrogens with zero attached hydrogens (tertiary/aromatic N) is 6. The van der Waals surface area contributed by atoms with Gasteiger partial charge in [0.25, 0.3) is 11.8 Å². The van der Waals surface area contributed by atoms with Crippen LogP contribution in [0.5, 0.6) is 11.5 Å². The number of carbonyl (C=O) groups excluding carboxylic acids is 3. The van der Waals surface area contributed by atoms with Crippen molar-refractivity contribution in [3.8, 4) is 11.5 Å². The van der Waals surface area contributed by atoms with E-state index in [1.807, 2.05) is 0 Å². The van der Waals surface area contributed by atoms with Crippen LogP contribution >= 0.6 is 34.9 Å². The number of allylic oxidation sites excluding steroid dienone is 1. The molecule has 1 fully saturated rings. The molecular formula is C30H27N9O12S3. The number of esters is 1. The number of oxime groups is 1. The Bertz CT molecular complexity index is 2160. The molecule has 54 heavy (non-hydrogen) atoms. The third-order valence-electron chi connectivity index (χ3n) is 7.69. The number of aromatic carboxylic acids is 1. The molecule has 2 atom stereocenters. The highest BCUT2D eigenvalue weighted by atomic mass is 32.2. The van der Waals surface area contributed by atoms with Gasteiger partial charge in [0.15, 0.2) is 28.2 Å². The second-order valence-corrected chi connectivity index (χ2v) is 14.4. The highest BCUT2D eigenvalue weighted by Gasteiger charge is 2.54. The molecule has 5 heterocycles. The zero-order valence-electron chi connectivity index (χ0n) is 27.7. The number of thioether (sulfide) groups is 2. The van der Waals surface area contributed by atoms with Crippen LogP contribution in [-0.2, 0) is 30.6 Å². The van der Waals surface area contributed by atoms with E-state index in [1.165, 1.54) is 40.1 Å². The number of aliphatic carboxylic acids is 1. The third kappa shape index (κ3) is 7.52. The summed E-state index contributed by atoms with van der Waals surface area (Å²) in [4.78, 5) is 88.9. The van der Waals surface area contributed by atoms with E-state index in [2.05, 4.69) is 26.0 Å². The summed E-state index contributed by atoms with van der Waals surface area (Å²) in [6, 6.07) is 0.734. The number of rotatable bonds is 12. The van der Waals surface area contributed by atoms with Crippen LogP contribution in [0.1, 0.15) is 35.5 Å². The van der Waals surface area contributed by atoms with Crippen LogP contribution in [0, 0.1) is 0 Å². The second kappa shape index (κ2) is 15.1. The number of carbonyl (C=O) groups is 6. The molecule has 1 saturated heterocycles. The quantitative estimate of drug-likeness (QED) is 0.0523. The summed E-state index contributed by atoms with van der Waals surface area (Å²) < 4.78 is 4.82. The largest absolute Gasteiger partial charge is 0.504 e. The smallest absolute Gasteiger partial charge is 0.427 e. The number of hydrogen-bond acceptors (Lipinski definition) is 18. The molecule has 1 aromatic heterocycles. The molecular weight excluding hydrogens is 775 g/mol. The number of aliphatic imine (C=N–C) groups is 1. The first-order valence-corrected chi connectivity index (χ1v) is 18.1. The Hall–Kier alpha value is -6.11. The number of amides is 3. The van der Waals surface area contributed by atoms with Crippen molar-refractivity contribution in [1.82, 2.24) is 30.8 Å². The van der Waals surface area contributed by atoms with Crippen LogP contribution in [0.15, 0.2) is 62.1 Å². The first-order chi connectivity index (χ1) is 25.6. The molecule has 0 bridgehead atoms. The molecule has 0 spiro atoms. The van der Waals surface area contributed by atoms with Gasteiger partial charge >= 0.3 is 24.0 Å². The van der Waals surface area contributed by atoms with Crippen molar-refractivity contribution < 1.29 is 58.8 Å². The Morgan fingerprint density at radius 1 is 1.19 bits per heavy atom. The van der Waals surface area contributed by atoms with Crippen molar-refractivity contribution >= 4 is 87.2 Å². The Morgan fingerprint density at radius 2 is 1.94 bits per heavy atom. The molecule has 0 saturated carbocycles.